The fraction of sp³-hybridized carbons (Fsp3) is 0.950. The molecule has 0 spiro atoms. The van der Waals surface area contributed by atoms with Crippen molar-refractivity contribution in [3.05, 3.63) is 0 Å². The Balaban J connectivity index is 1.87. The number of rotatable bonds is 9. The predicted molar refractivity (Wildman–Crippen MR) is 105 cm³/mol. The quantitative estimate of drug-likeness (QED) is 0.548. The Hall–Kier alpha value is -0.273. The molecule has 5 nitrogen and oxygen atoms in total. The molecule has 0 bridgehead atoms. The van der Waals surface area contributed by atoms with Gasteiger partial charge in [0, 0.05) is 25.9 Å². The van der Waals surface area contributed by atoms with Crippen LogP contribution in [0.4, 0.5) is 0 Å². The zero-order chi connectivity index (χ0) is 19.3. The van der Waals surface area contributed by atoms with Crippen LogP contribution in [0.15, 0.2) is 0 Å². The van der Waals surface area contributed by atoms with Crippen LogP contribution >= 0.6 is 0 Å². The first kappa shape index (κ1) is 22.0. The first-order valence-electron chi connectivity index (χ1n) is 10.3. The standard InChI is InChI=1S/C20H38O5Si/c1-14(2)26(15(3)4,16(5)6)24-8-7-18-11-17(21)12-19(25-18)13-20-22-9-10-23-20/h14-16,18-20H,7-13H2,1-6H3/t18-,19-/m0/s1. The van der Waals surface area contributed by atoms with Crippen LogP contribution in [0.25, 0.3) is 0 Å². The van der Waals surface area contributed by atoms with Gasteiger partial charge in [0.05, 0.1) is 25.4 Å². The molecule has 0 radical (unpaired) electrons. The first-order valence-corrected chi connectivity index (χ1v) is 12.4. The summed E-state index contributed by atoms with van der Waals surface area (Å²) >= 11 is 0. The number of Topliss-reactive ketones (excluding diaryl/α,β-unsaturated/α-hetero) is 1. The second kappa shape index (κ2) is 9.78. The van der Waals surface area contributed by atoms with Crippen molar-refractivity contribution in [1.29, 1.82) is 0 Å². The van der Waals surface area contributed by atoms with Crippen molar-refractivity contribution >= 4 is 14.1 Å². The minimum absolute atomic E-state index is 0.0409. The van der Waals surface area contributed by atoms with Crippen LogP contribution in [0.1, 0.15) is 67.2 Å². The van der Waals surface area contributed by atoms with Gasteiger partial charge in [-0.3, -0.25) is 4.79 Å². The summed E-state index contributed by atoms with van der Waals surface area (Å²) in [6, 6.07) is 0. The Labute approximate surface area is 160 Å². The fourth-order valence-corrected chi connectivity index (χ4v) is 10.4. The summed E-state index contributed by atoms with van der Waals surface area (Å²) in [5.41, 5.74) is 1.71. The van der Waals surface area contributed by atoms with E-state index in [-0.39, 0.29) is 24.3 Å². The minimum atomic E-state index is -1.86. The fourth-order valence-electron chi connectivity index (χ4n) is 4.89. The summed E-state index contributed by atoms with van der Waals surface area (Å²) in [5.74, 6) is 0.282. The largest absolute Gasteiger partial charge is 0.416 e. The molecule has 0 aromatic rings. The lowest BCUT2D eigenvalue weighted by Crippen LogP contribution is -2.48. The molecule has 0 aliphatic carbocycles. The normalized spacial score (nSPS) is 25.8. The summed E-state index contributed by atoms with van der Waals surface area (Å²) in [4.78, 5) is 12.1. The Kier molecular flexibility index (Phi) is 8.28. The topological polar surface area (TPSA) is 54.0 Å². The van der Waals surface area contributed by atoms with Crippen LogP contribution in [-0.2, 0) is 23.4 Å². The van der Waals surface area contributed by atoms with Crippen LogP contribution in [0, 0.1) is 0 Å². The molecule has 2 saturated heterocycles. The second-order valence-corrected chi connectivity index (χ2v) is 14.1. The van der Waals surface area contributed by atoms with E-state index in [4.69, 9.17) is 18.6 Å². The molecule has 2 atom stereocenters. The lowest BCUT2D eigenvalue weighted by molar-refractivity contribution is -0.145. The van der Waals surface area contributed by atoms with Gasteiger partial charge < -0.3 is 18.6 Å². The molecule has 152 valence electrons. The highest BCUT2D eigenvalue weighted by Crippen LogP contribution is 2.42. The molecule has 26 heavy (non-hydrogen) atoms. The lowest BCUT2D eigenvalue weighted by atomic mass is 9.99. The Bertz CT molecular complexity index is 424. The predicted octanol–water partition coefficient (Wildman–Crippen LogP) is 4.45. The van der Waals surface area contributed by atoms with E-state index >= 15 is 0 Å². The second-order valence-electron chi connectivity index (χ2n) is 8.69. The minimum Gasteiger partial charge on any atom is -0.416 e. The van der Waals surface area contributed by atoms with E-state index in [2.05, 4.69) is 41.5 Å². The molecule has 0 aromatic heterocycles. The number of carbonyl (C=O) groups excluding carboxylic acids is 1. The number of carbonyl (C=O) groups is 1. The van der Waals surface area contributed by atoms with E-state index in [1.807, 2.05) is 0 Å². The number of ketones is 1. The van der Waals surface area contributed by atoms with Crippen LogP contribution in [-0.4, -0.2) is 52.4 Å². The number of hydrogen-bond donors (Lipinski definition) is 0. The lowest BCUT2D eigenvalue weighted by Gasteiger charge is -2.42. The van der Waals surface area contributed by atoms with Gasteiger partial charge >= 0.3 is 0 Å². The first-order chi connectivity index (χ1) is 12.3. The molecule has 2 aliphatic rings. The molecular formula is C20H38O5Si. The van der Waals surface area contributed by atoms with Gasteiger partial charge in [-0.2, -0.15) is 0 Å². The molecule has 0 aromatic carbocycles. The van der Waals surface area contributed by atoms with Crippen LogP contribution in [0.5, 0.6) is 0 Å². The van der Waals surface area contributed by atoms with E-state index in [1.54, 1.807) is 0 Å². The third-order valence-corrected chi connectivity index (χ3v) is 12.1. The highest BCUT2D eigenvalue weighted by atomic mass is 28.4. The van der Waals surface area contributed by atoms with E-state index in [0.717, 1.165) is 6.42 Å². The number of hydrogen-bond acceptors (Lipinski definition) is 5. The summed E-state index contributed by atoms with van der Waals surface area (Å²) < 4.78 is 23.8. The average molecular weight is 387 g/mol. The molecule has 0 saturated carbocycles. The molecule has 6 heteroatoms. The van der Waals surface area contributed by atoms with Gasteiger partial charge in [0.25, 0.3) is 0 Å². The van der Waals surface area contributed by atoms with Gasteiger partial charge in [-0.05, 0) is 23.0 Å². The maximum atomic E-state index is 12.1. The molecular weight excluding hydrogens is 348 g/mol. The summed E-state index contributed by atoms with van der Waals surface area (Å²) in [6.45, 7) is 15.7. The SMILES string of the molecule is CC(C)[Si](OCC[C@H]1CC(=O)C[C@@H](CC2OCCO2)O1)(C(C)C)C(C)C. The van der Waals surface area contributed by atoms with Gasteiger partial charge in [-0.1, -0.05) is 41.5 Å². The van der Waals surface area contributed by atoms with Crippen molar-refractivity contribution < 1.29 is 23.4 Å². The molecule has 0 amide bonds. The van der Waals surface area contributed by atoms with E-state index < -0.39 is 8.32 Å². The van der Waals surface area contributed by atoms with E-state index in [9.17, 15) is 4.79 Å². The molecule has 2 rings (SSSR count). The third-order valence-electron chi connectivity index (χ3n) is 5.94. The van der Waals surface area contributed by atoms with Crippen molar-refractivity contribution in [2.45, 2.75) is 102 Å². The van der Waals surface area contributed by atoms with Gasteiger partial charge in [-0.15, -0.1) is 0 Å². The Morgan fingerprint density at radius 1 is 0.962 bits per heavy atom. The van der Waals surface area contributed by atoms with Gasteiger partial charge in [0.15, 0.2) is 14.6 Å². The van der Waals surface area contributed by atoms with E-state index in [1.165, 1.54) is 0 Å². The Morgan fingerprint density at radius 2 is 1.50 bits per heavy atom. The van der Waals surface area contributed by atoms with Crippen molar-refractivity contribution in [1.82, 2.24) is 0 Å². The average Bonchev–Trinajstić information content (AvgIpc) is 3.02. The molecule has 0 N–H and O–H groups in total. The summed E-state index contributed by atoms with van der Waals surface area (Å²) in [5, 5.41) is 0. The zero-order valence-corrected chi connectivity index (χ0v) is 18.5. The molecule has 0 unspecified atom stereocenters. The molecule has 2 aliphatic heterocycles. The summed E-state index contributed by atoms with van der Waals surface area (Å²) in [7, 11) is -1.86. The monoisotopic (exact) mass is 386 g/mol. The van der Waals surface area contributed by atoms with Gasteiger partial charge in [0.2, 0.25) is 0 Å². The Morgan fingerprint density at radius 3 is 2.04 bits per heavy atom. The van der Waals surface area contributed by atoms with Crippen LogP contribution in [0.3, 0.4) is 0 Å². The maximum Gasteiger partial charge on any atom is 0.200 e. The van der Waals surface area contributed by atoms with Crippen molar-refractivity contribution in [2.24, 2.45) is 0 Å². The van der Waals surface area contributed by atoms with Crippen molar-refractivity contribution in [2.75, 3.05) is 19.8 Å². The summed E-state index contributed by atoms with van der Waals surface area (Å²) in [6.07, 6.45) is 2.06. The van der Waals surface area contributed by atoms with Crippen LogP contribution < -0.4 is 0 Å². The van der Waals surface area contributed by atoms with Crippen LogP contribution in [0.2, 0.25) is 16.6 Å². The third kappa shape index (κ3) is 5.38. The zero-order valence-electron chi connectivity index (χ0n) is 17.5. The maximum absolute atomic E-state index is 12.1. The molecule has 2 heterocycles. The van der Waals surface area contributed by atoms with Gasteiger partial charge in [0.1, 0.15) is 5.78 Å². The van der Waals surface area contributed by atoms with Crippen molar-refractivity contribution in [3.8, 4) is 0 Å². The smallest absolute Gasteiger partial charge is 0.200 e. The molecule has 2 fully saturated rings. The highest BCUT2D eigenvalue weighted by molar-refractivity contribution is 6.77. The van der Waals surface area contributed by atoms with Gasteiger partial charge in [-0.25, -0.2) is 0 Å². The highest BCUT2D eigenvalue weighted by Gasteiger charge is 2.45. The number of ether oxygens (including phenoxy) is 3. The van der Waals surface area contributed by atoms with Crippen molar-refractivity contribution in [3.63, 3.8) is 0 Å². The van der Waals surface area contributed by atoms with E-state index in [0.29, 0.717) is 55.7 Å².